The normalized spacial score (nSPS) is 19.2. The van der Waals surface area contributed by atoms with E-state index in [4.69, 9.17) is 4.43 Å². The minimum Gasteiger partial charge on any atom is -0.469 e. The van der Waals surface area contributed by atoms with E-state index in [2.05, 4.69) is 69.8 Å². The zero-order chi connectivity index (χ0) is 25.8. The zero-order valence-electron chi connectivity index (χ0n) is 22.9. The van der Waals surface area contributed by atoms with Crippen molar-refractivity contribution >= 4 is 31.8 Å². The number of hydrogen-bond donors (Lipinski definition) is 0. The Labute approximate surface area is 214 Å². The summed E-state index contributed by atoms with van der Waals surface area (Å²) in [5, 5.41) is 0.158. The lowest BCUT2D eigenvalue weighted by Crippen LogP contribution is -2.43. The van der Waals surface area contributed by atoms with Gasteiger partial charge in [-0.05, 0) is 50.1 Å². The van der Waals surface area contributed by atoms with Crippen LogP contribution in [0.1, 0.15) is 85.5 Å². The highest BCUT2D eigenvalue weighted by Gasteiger charge is 2.38. The van der Waals surface area contributed by atoms with Crippen LogP contribution in [0.2, 0.25) is 18.1 Å². The number of rotatable bonds is 15. The summed E-state index contributed by atoms with van der Waals surface area (Å²) < 4.78 is 11.4. The summed E-state index contributed by atoms with van der Waals surface area (Å²) in [6, 6.07) is 0. The first kappa shape index (κ1) is 30.9. The van der Waals surface area contributed by atoms with E-state index in [9.17, 15) is 9.59 Å². The fourth-order valence-corrected chi connectivity index (χ4v) is 5.67. The molecule has 0 bridgehead atoms. The topological polar surface area (TPSA) is 52.6 Å². The molecule has 1 aliphatic rings. The van der Waals surface area contributed by atoms with Gasteiger partial charge in [0.2, 0.25) is 0 Å². The van der Waals surface area contributed by atoms with Gasteiger partial charge in [0.15, 0.2) is 14.1 Å². The molecule has 6 heteroatoms. The maximum Gasteiger partial charge on any atom is 0.305 e. The van der Waals surface area contributed by atoms with Crippen molar-refractivity contribution in [3.8, 4) is 0 Å². The fourth-order valence-electron chi connectivity index (χ4n) is 3.68. The molecule has 0 saturated heterocycles. The van der Waals surface area contributed by atoms with Gasteiger partial charge in [-0.3, -0.25) is 9.59 Å². The van der Waals surface area contributed by atoms with Gasteiger partial charge >= 0.3 is 5.97 Å². The summed E-state index contributed by atoms with van der Waals surface area (Å²) >= 11 is 1.64. The van der Waals surface area contributed by atoms with Crippen molar-refractivity contribution in [2.45, 2.75) is 110 Å². The monoisotopic (exact) mass is 508 g/mol. The van der Waals surface area contributed by atoms with Gasteiger partial charge in [0, 0.05) is 16.9 Å². The molecular formula is C28H48O4SSi. The van der Waals surface area contributed by atoms with Crippen molar-refractivity contribution in [1.29, 1.82) is 0 Å². The SMILES string of the molecule is CCCCCC(C=CC1C=C(SC)C(=CCCCCCC(=O)OC)C1=O)O[Si](C)(C)C(C)(C)C. The van der Waals surface area contributed by atoms with Crippen LogP contribution in [-0.4, -0.2) is 39.5 Å². The Balaban J connectivity index is 2.81. The molecule has 1 aliphatic carbocycles. The van der Waals surface area contributed by atoms with Gasteiger partial charge in [0.1, 0.15) is 0 Å². The summed E-state index contributed by atoms with van der Waals surface area (Å²) in [6.45, 7) is 13.6. The first-order valence-electron chi connectivity index (χ1n) is 12.9. The molecule has 4 nitrogen and oxygen atoms in total. The number of unbranched alkanes of at least 4 members (excludes halogenated alkanes) is 5. The standard InChI is InChI=1S/C28H48O4SSi/c1-9-10-13-16-23(32-34(7,8)28(2,3)4)20-19-22-21-25(33-6)24(27(22)30)17-14-11-12-15-18-26(29)31-5/h17,19-23H,9-16,18H2,1-8H3. The van der Waals surface area contributed by atoms with Gasteiger partial charge in [-0.25, -0.2) is 0 Å². The maximum absolute atomic E-state index is 13.2. The molecule has 0 N–H and O–H groups in total. The lowest BCUT2D eigenvalue weighted by atomic mass is 10.0. The highest BCUT2D eigenvalue weighted by atomic mass is 32.2. The highest BCUT2D eigenvalue weighted by molar-refractivity contribution is 8.02. The number of hydrogen-bond acceptors (Lipinski definition) is 5. The quantitative estimate of drug-likeness (QED) is 0.0737. The van der Waals surface area contributed by atoms with Crippen molar-refractivity contribution in [2.24, 2.45) is 5.92 Å². The van der Waals surface area contributed by atoms with Crippen LogP contribution in [0.25, 0.3) is 0 Å². The van der Waals surface area contributed by atoms with Crippen LogP contribution >= 0.6 is 11.8 Å². The number of Topliss-reactive ketones (excluding diaryl/α,β-unsaturated/α-hetero) is 1. The van der Waals surface area contributed by atoms with Gasteiger partial charge < -0.3 is 9.16 Å². The zero-order valence-corrected chi connectivity index (χ0v) is 24.7. The molecule has 2 unspecified atom stereocenters. The Hall–Kier alpha value is -1.11. The molecule has 0 amide bonds. The molecule has 0 fully saturated rings. The van der Waals surface area contributed by atoms with Crippen LogP contribution in [0.3, 0.4) is 0 Å². The Morgan fingerprint density at radius 3 is 2.47 bits per heavy atom. The maximum atomic E-state index is 13.2. The third-order valence-electron chi connectivity index (χ3n) is 6.92. The van der Waals surface area contributed by atoms with Crippen LogP contribution in [0.4, 0.5) is 0 Å². The molecule has 194 valence electrons. The second-order valence-corrected chi connectivity index (χ2v) is 16.3. The number of ether oxygens (including phenoxy) is 1. The van der Waals surface area contributed by atoms with E-state index >= 15 is 0 Å². The number of esters is 1. The van der Waals surface area contributed by atoms with Crippen molar-refractivity contribution in [3.05, 3.63) is 34.8 Å². The van der Waals surface area contributed by atoms with Crippen molar-refractivity contribution in [1.82, 2.24) is 0 Å². The van der Waals surface area contributed by atoms with Crippen molar-refractivity contribution in [3.63, 3.8) is 0 Å². The Morgan fingerprint density at radius 1 is 1.18 bits per heavy atom. The van der Waals surface area contributed by atoms with E-state index in [0.717, 1.165) is 49.0 Å². The number of carbonyl (C=O) groups excluding carboxylic acids is 2. The average molecular weight is 509 g/mol. The van der Waals surface area contributed by atoms with Gasteiger partial charge in [0.25, 0.3) is 0 Å². The molecule has 0 radical (unpaired) electrons. The second-order valence-electron chi connectivity index (χ2n) is 10.7. The Morgan fingerprint density at radius 2 is 1.88 bits per heavy atom. The summed E-state index contributed by atoms with van der Waals surface area (Å²) in [5.41, 5.74) is 0.850. The molecule has 0 aliphatic heterocycles. The molecule has 0 aromatic rings. The molecule has 0 saturated carbocycles. The average Bonchev–Trinajstić information content (AvgIpc) is 3.07. The number of thioether (sulfide) groups is 1. The lowest BCUT2D eigenvalue weighted by molar-refractivity contribution is -0.140. The van der Waals surface area contributed by atoms with Gasteiger partial charge in [-0.15, -0.1) is 11.8 Å². The van der Waals surface area contributed by atoms with Gasteiger partial charge in [0.05, 0.1) is 19.1 Å². The summed E-state index contributed by atoms with van der Waals surface area (Å²) in [7, 11) is -0.467. The van der Waals surface area contributed by atoms with Crippen LogP contribution in [0.15, 0.2) is 34.8 Å². The molecule has 1 rings (SSSR count). The van der Waals surface area contributed by atoms with Crippen molar-refractivity contribution < 1.29 is 18.8 Å². The first-order valence-corrected chi connectivity index (χ1v) is 17.0. The number of ketones is 1. The van der Waals surface area contributed by atoms with Crippen LogP contribution in [0.5, 0.6) is 0 Å². The van der Waals surface area contributed by atoms with Crippen LogP contribution in [-0.2, 0) is 18.8 Å². The Kier molecular flexibility index (Phi) is 13.7. The molecule has 0 spiro atoms. The Bertz CT molecular complexity index is 746. The fraction of sp³-hybridized carbons (Fsp3) is 0.714. The van der Waals surface area contributed by atoms with Gasteiger partial charge in [-0.2, -0.15) is 0 Å². The number of allylic oxidation sites excluding steroid dienone is 4. The predicted octanol–water partition coefficient (Wildman–Crippen LogP) is 8.01. The molecule has 0 heterocycles. The van der Waals surface area contributed by atoms with E-state index in [1.807, 2.05) is 6.26 Å². The highest BCUT2D eigenvalue weighted by Crippen LogP contribution is 2.38. The smallest absolute Gasteiger partial charge is 0.305 e. The molecule has 0 aromatic carbocycles. The molecule has 2 atom stereocenters. The van der Waals surface area contributed by atoms with Crippen LogP contribution < -0.4 is 0 Å². The summed E-state index contributed by atoms with van der Waals surface area (Å²) in [4.78, 5) is 25.5. The van der Waals surface area contributed by atoms with E-state index in [1.165, 1.54) is 20.0 Å². The van der Waals surface area contributed by atoms with Crippen molar-refractivity contribution in [2.75, 3.05) is 13.4 Å². The number of methoxy groups -OCH3 is 1. The predicted molar refractivity (Wildman–Crippen MR) is 149 cm³/mol. The van der Waals surface area contributed by atoms with Gasteiger partial charge in [-0.1, -0.05) is 77.7 Å². The third-order valence-corrected chi connectivity index (χ3v) is 12.2. The minimum absolute atomic E-state index is 0.0641. The van der Waals surface area contributed by atoms with E-state index < -0.39 is 8.32 Å². The second kappa shape index (κ2) is 15.1. The third kappa shape index (κ3) is 10.2. The molecular weight excluding hydrogens is 460 g/mol. The molecule has 34 heavy (non-hydrogen) atoms. The lowest BCUT2D eigenvalue weighted by Gasteiger charge is -2.38. The summed E-state index contributed by atoms with van der Waals surface area (Å²) in [5.74, 6) is -0.170. The van der Waals surface area contributed by atoms with E-state index in [0.29, 0.717) is 6.42 Å². The number of carbonyl (C=O) groups is 2. The minimum atomic E-state index is -1.89. The largest absolute Gasteiger partial charge is 0.469 e. The van der Waals surface area contributed by atoms with E-state index in [1.54, 1.807) is 11.8 Å². The molecule has 0 aromatic heterocycles. The van der Waals surface area contributed by atoms with E-state index in [-0.39, 0.29) is 28.8 Å². The summed E-state index contributed by atoms with van der Waals surface area (Å²) in [6.07, 6.45) is 19.1. The van der Waals surface area contributed by atoms with Crippen LogP contribution in [0, 0.1) is 5.92 Å². The first-order chi connectivity index (χ1) is 16.0.